The normalized spacial score (nSPS) is 12.3. The molecule has 3 nitrogen and oxygen atoms in total. The number of hydrogen-bond acceptors (Lipinski definition) is 4. The number of nitrogens with one attached hydrogen (secondary N) is 1. The average Bonchev–Trinajstić information content (AvgIpc) is 2.48. The lowest BCUT2D eigenvalue weighted by molar-refractivity contribution is 0.106. The van der Waals surface area contributed by atoms with Gasteiger partial charge in [-0.1, -0.05) is 30.5 Å². The van der Waals surface area contributed by atoms with Gasteiger partial charge in [0.2, 0.25) is 0 Å². The van der Waals surface area contributed by atoms with Gasteiger partial charge < -0.3 is 15.2 Å². The third-order valence-electron chi connectivity index (χ3n) is 3.07. The Kier molecular flexibility index (Phi) is 10.8. The Labute approximate surface area is 137 Å². The van der Waals surface area contributed by atoms with Crippen LogP contribution in [0.15, 0.2) is 24.3 Å². The van der Waals surface area contributed by atoms with Gasteiger partial charge in [-0.3, -0.25) is 0 Å². The lowest BCUT2D eigenvalue weighted by Crippen LogP contribution is -2.32. The summed E-state index contributed by atoms with van der Waals surface area (Å²) in [4.78, 5) is 0. The number of thioether (sulfide) groups is 1. The second-order valence-electron chi connectivity index (χ2n) is 5.03. The third-order valence-corrected chi connectivity index (χ3v) is 4.00. The van der Waals surface area contributed by atoms with Crippen LogP contribution in [0, 0.1) is 0 Å². The molecular weight excluding hydrogens is 306 g/mol. The fourth-order valence-electron chi connectivity index (χ4n) is 1.93. The van der Waals surface area contributed by atoms with Gasteiger partial charge in [0.25, 0.3) is 0 Å². The molecule has 21 heavy (non-hydrogen) atoms. The molecule has 1 aromatic rings. The molecule has 2 N–H and O–H groups in total. The Morgan fingerprint density at radius 3 is 2.86 bits per heavy atom. The van der Waals surface area contributed by atoms with Crippen molar-refractivity contribution < 1.29 is 9.84 Å². The van der Waals surface area contributed by atoms with Crippen LogP contribution in [0.3, 0.4) is 0 Å². The molecule has 0 bridgehead atoms. The van der Waals surface area contributed by atoms with Crippen molar-refractivity contribution in [3.8, 4) is 5.75 Å². The summed E-state index contributed by atoms with van der Waals surface area (Å²) in [5.41, 5.74) is 0. The predicted octanol–water partition coefficient (Wildman–Crippen LogP) is 3.59. The van der Waals surface area contributed by atoms with Crippen LogP contribution in [-0.2, 0) is 0 Å². The van der Waals surface area contributed by atoms with E-state index in [0.717, 1.165) is 13.0 Å². The topological polar surface area (TPSA) is 41.5 Å². The van der Waals surface area contributed by atoms with Crippen LogP contribution in [0.25, 0.3) is 0 Å². The molecule has 1 rings (SSSR count). The first kappa shape index (κ1) is 18.6. The first-order valence-corrected chi connectivity index (χ1v) is 9.25. The van der Waals surface area contributed by atoms with E-state index in [1.54, 1.807) is 12.1 Å². The van der Waals surface area contributed by atoms with E-state index < -0.39 is 6.10 Å². The Hall–Kier alpha value is -0.420. The maximum atomic E-state index is 9.83. The number of aliphatic hydroxyl groups excluding tert-OH is 1. The molecule has 0 fully saturated rings. The summed E-state index contributed by atoms with van der Waals surface area (Å²) in [6, 6.07) is 7.21. The van der Waals surface area contributed by atoms with Crippen LogP contribution in [-0.4, -0.2) is 42.9 Å². The molecule has 5 heteroatoms. The van der Waals surface area contributed by atoms with E-state index in [-0.39, 0.29) is 6.61 Å². The minimum absolute atomic E-state index is 0.279. The van der Waals surface area contributed by atoms with E-state index >= 15 is 0 Å². The lowest BCUT2D eigenvalue weighted by atomic mass is 10.2. The molecular formula is C16H26ClNO2S. The van der Waals surface area contributed by atoms with Crippen molar-refractivity contribution in [3.63, 3.8) is 0 Å². The Balaban J connectivity index is 1.97. The van der Waals surface area contributed by atoms with Crippen molar-refractivity contribution in [2.75, 3.05) is 31.7 Å². The van der Waals surface area contributed by atoms with E-state index in [1.165, 1.54) is 25.0 Å². The summed E-state index contributed by atoms with van der Waals surface area (Å²) < 4.78 is 5.49. The maximum absolute atomic E-state index is 9.83. The van der Waals surface area contributed by atoms with E-state index in [9.17, 15) is 5.11 Å². The molecule has 0 aliphatic carbocycles. The zero-order valence-electron chi connectivity index (χ0n) is 12.7. The lowest BCUT2D eigenvalue weighted by Gasteiger charge is -2.13. The number of halogens is 1. The van der Waals surface area contributed by atoms with Crippen molar-refractivity contribution in [1.29, 1.82) is 0 Å². The van der Waals surface area contributed by atoms with E-state index in [2.05, 4.69) is 11.6 Å². The zero-order chi connectivity index (χ0) is 15.3. The Bertz CT molecular complexity index is 379. The fourth-order valence-corrected chi connectivity index (χ4v) is 2.60. The van der Waals surface area contributed by atoms with Crippen LogP contribution in [0.4, 0.5) is 0 Å². The minimum atomic E-state index is -0.500. The summed E-state index contributed by atoms with van der Waals surface area (Å²) in [7, 11) is 0. The Morgan fingerprint density at radius 1 is 1.29 bits per heavy atom. The van der Waals surface area contributed by atoms with Crippen LogP contribution in [0.2, 0.25) is 5.02 Å². The van der Waals surface area contributed by atoms with Crippen molar-refractivity contribution in [1.82, 2.24) is 5.32 Å². The molecule has 0 amide bonds. The maximum Gasteiger partial charge on any atom is 0.120 e. The second-order valence-corrected chi connectivity index (χ2v) is 6.46. The SMILES string of the molecule is CSCCCCCCNCC(O)COc1cccc(Cl)c1. The van der Waals surface area contributed by atoms with Crippen molar-refractivity contribution in [2.45, 2.75) is 31.8 Å². The summed E-state index contributed by atoms with van der Waals surface area (Å²) >= 11 is 7.78. The monoisotopic (exact) mass is 331 g/mol. The predicted molar refractivity (Wildman–Crippen MR) is 92.7 cm³/mol. The fraction of sp³-hybridized carbons (Fsp3) is 0.625. The highest BCUT2D eigenvalue weighted by Crippen LogP contribution is 2.17. The molecule has 1 atom stereocenters. The van der Waals surface area contributed by atoms with E-state index in [1.807, 2.05) is 23.9 Å². The highest BCUT2D eigenvalue weighted by molar-refractivity contribution is 7.98. The van der Waals surface area contributed by atoms with Gasteiger partial charge >= 0.3 is 0 Å². The molecule has 1 unspecified atom stereocenters. The molecule has 0 aromatic heterocycles. The molecule has 0 radical (unpaired) electrons. The molecule has 0 aliphatic rings. The minimum Gasteiger partial charge on any atom is -0.491 e. The molecule has 0 spiro atoms. The standard InChI is InChI=1S/C16H26ClNO2S/c1-21-10-5-3-2-4-9-18-12-15(19)13-20-16-8-6-7-14(17)11-16/h6-8,11,15,18-19H,2-5,9-10,12-13H2,1H3. The van der Waals surface area contributed by atoms with Crippen LogP contribution >= 0.6 is 23.4 Å². The zero-order valence-corrected chi connectivity index (χ0v) is 14.3. The third kappa shape index (κ3) is 10.0. The smallest absolute Gasteiger partial charge is 0.120 e. The average molecular weight is 332 g/mol. The molecule has 0 heterocycles. The van der Waals surface area contributed by atoms with Crippen LogP contribution < -0.4 is 10.1 Å². The first-order chi connectivity index (χ1) is 10.2. The summed E-state index contributed by atoms with van der Waals surface area (Å²) in [6.07, 6.45) is 6.66. The molecule has 0 saturated carbocycles. The van der Waals surface area contributed by atoms with Gasteiger partial charge in [0, 0.05) is 11.6 Å². The Morgan fingerprint density at radius 2 is 2.10 bits per heavy atom. The van der Waals surface area contributed by atoms with Gasteiger partial charge in [-0.15, -0.1) is 0 Å². The number of benzene rings is 1. The first-order valence-electron chi connectivity index (χ1n) is 7.48. The van der Waals surface area contributed by atoms with Gasteiger partial charge in [-0.2, -0.15) is 11.8 Å². The van der Waals surface area contributed by atoms with Crippen molar-refractivity contribution in [3.05, 3.63) is 29.3 Å². The summed E-state index contributed by atoms with van der Waals surface area (Å²) in [5, 5.41) is 13.7. The van der Waals surface area contributed by atoms with Gasteiger partial charge in [0.15, 0.2) is 0 Å². The van der Waals surface area contributed by atoms with Crippen LogP contribution in [0.5, 0.6) is 5.75 Å². The molecule has 0 aliphatic heterocycles. The second kappa shape index (κ2) is 12.2. The summed E-state index contributed by atoms with van der Waals surface area (Å²) in [6.45, 7) is 1.79. The number of rotatable bonds is 12. The van der Waals surface area contributed by atoms with E-state index in [4.69, 9.17) is 16.3 Å². The van der Waals surface area contributed by atoms with Gasteiger partial charge in [-0.05, 0) is 49.6 Å². The number of unbranched alkanes of at least 4 members (excludes halogenated alkanes) is 3. The number of hydrogen-bond donors (Lipinski definition) is 2. The molecule has 1 aromatic carbocycles. The van der Waals surface area contributed by atoms with Crippen LogP contribution in [0.1, 0.15) is 25.7 Å². The van der Waals surface area contributed by atoms with Crippen molar-refractivity contribution in [2.24, 2.45) is 0 Å². The molecule has 120 valence electrons. The molecule has 0 saturated heterocycles. The van der Waals surface area contributed by atoms with Gasteiger partial charge in [0.1, 0.15) is 18.5 Å². The number of aliphatic hydroxyl groups is 1. The largest absolute Gasteiger partial charge is 0.491 e. The number of ether oxygens (including phenoxy) is 1. The van der Waals surface area contributed by atoms with Gasteiger partial charge in [-0.25, -0.2) is 0 Å². The highest BCUT2D eigenvalue weighted by atomic mass is 35.5. The summed E-state index contributed by atoms with van der Waals surface area (Å²) in [5.74, 6) is 1.95. The van der Waals surface area contributed by atoms with Crippen molar-refractivity contribution >= 4 is 23.4 Å². The van der Waals surface area contributed by atoms with Gasteiger partial charge in [0.05, 0.1) is 0 Å². The quantitative estimate of drug-likeness (QED) is 0.574. The highest BCUT2D eigenvalue weighted by Gasteiger charge is 2.05. The van der Waals surface area contributed by atoms with E-state index in [0.29, 0.717) is 17.3 Å².